The number of nitrogens with zero attached hydrogens (tertiary/aromatic N) is 1. The van der Waals surface area contributed by atoms with Gasteiger partial charge in [0.1, 0.15) is 5.69 Å². The van der Waals surface area contributed by atoms with Gasteiger partial charge in [0.2, 0.25) is 0 Å². The molecule has 2 rings (SSSR count). The van der Waals surface area contributed by atoms with Gasteiger partial charge in [0.25, 0.3) is 5.91 Å². The van der Waals surface area contributed by atoms with Crippen LogP contribution in [0, 0.1) is 5.92 Å². The van der Waals surface area contributed by atoms with E-state index in [4.69, 9.17) is 5.73 Å². The van der Waals surface area contributed by atoms with Gasteiger partial charge in [0, 0.05) is 18.8 Å². The molecule has 1 saturated carbocycles. The summed E-state index contributed by atoms with van der Waals surface area (Å²) in [6.45, 7) is 2.66. The zero-order valence-electron chi connectivity index (χ0n) is 10.9. The Morgan fingerprint density at radius 2 is 2.22 bits per heavy atom. The molecule has 4 nitrogen and oxygen atoms in total. The number of carbonyl (C=O) groups excluding carboxylic acids is 1. The summed E-state index contributed by atoms with van der Waals surface area (Å²) in [5, 5.41) is 3.09. The summed E-state index contributed by atoms with van der Waals surface area (Å²) in [6.07, 6.45) is 6.42. The molecule has 4 heteroatoms. The van der Waals surface area contributed by atoms with Crippen LogP contribution < -0.4 is 11.1 Å². The maximum Gasteiger partial charge on any atom is 0.270 e. The average molecular weight is 247 g/mol. The molecule has 0 saturated heterocycles. The molecule has 1 aliphatic rings. The van der Waals surface area contributed by atoms with Gasteiger partial charge >= 0.3 is 0 Å². The van der Waals surface area contributed by atoms with Crippen molar-refractivity contribution < 1.29 is 4.79 Å². The Kier molecular flexibility index (Phi) is 4.31. The van der Waals surface area contributed by atoms with E-state index in [1.165, 1.54) is 19.3 Å². The number of nitrogens with two attached hydrogens (primary N) is 1. The van der Waals surface area contributed by atoms with Crippen LogP contribution in [0.3, 0.4) is 0 Å². The van der Waals surface area contributed by atoms with Gasteiger partial charge in [-0.25, -0.2) is 0 Å². The zero-order valence-corrected chi connectivity index (χ0v) is 10.9. The summed E-state index contributed by atoms with van der Waals surface area (Å²) < 4.78 is 0. The second kappa shape index (κ2) is 5.96. The minimum atomic E-state index is -0.0719. The highest BCUT2D eigenvalue weighted by Crippen LogP contribution is 2.23. The van der Waals surface area contributed by atoms with Crippen LogP contribution in [-0.4, -0.2) is 16.9 Å². The molecule has 3 N–H and O–H groups in total. The molecular formula is C14H21N3O. The van der Waals surface area contributed by atoms with E-state index < -0.39 is 0 Å². The van der Waals surface area contributed by atoms with Crippen LogP contribution in [0.5, 0.6) is 0 Å². The third kappa shape index (κ3) is 3.07. The molecule has 2 unspecified atom stereocenters. The summed E-state index contributed by atoms with van der Waals surface area (Å²) in [4.78, 5) is 16.2. The summed E-state index contributed by atoms with van der Waals surface area (Å²) in [5.41, 5.74) is 6.92. The second-order valence-electron chi connectivity index (χ2n) is 5.10. The lowest BCUT2D eigenvalue weighted by Gasteiger charge is -2.29. The molecule has 0 radical (unpaired) electrons. The molecule has 1 aliphatic carbocycles. The predicted molar refractivity (Wildman–Crippen MR) is 71.0 cm³/mol. The summed E-state index contributed by atoms with van der Waals surface area (Å²) in [5.74, 6) is 0.489. The standard InChI is InChI=1S/C14H21N3O/c1-10-4-2-3-5-12(10)17-14(18)13-7-6-11(8-15)9-16-13/h6-7,9-10,12H,2-5,8,15H2,1H3,(H,17,18). The highest BCUT2D eigenvalue weighted by molar-refractivity contribution is 5.92. The molecule has 1 aromatic rings. The van der Waals surface area contributed by atoms with Crippen molar-refractivity contribution in [3.8, 4) is 0 Å². The van der Waals surface area contributed by atoms with Crippen molar-refractivity contribution >= 4 is 5.91 Å². The van der Waals surface area contributed by atoms with E-state index in [1.54, 1.807) is 12.3 Å². The normalized spacial score (nSPS) is 23.7. The van der Waals surface area contributed by atoms with Crippen molar-refractivity contribution in [2.45, 2.75) is 45.2 Å². The molecular weight excluding hydrogens is 226 g/mol. The number of carbonyl (C=O) groups is 1. The van der Waals surface area contributed by atoms with Gasteiger partial charge in [-0.15, -0.1) is 0 Å². The number of aromatic nitrogens is 1. The maximum absolute atomic E-state index is 12.1. The first-order valence-electron chi connectivity index (χ1n) is 6.66. The zero-order chi connectivity index (χ0) is 13.0. The van der Waals surface area contributed by atoms with Crippen LogP contribution >= 0.6 is 0 Å². The Labute approximate surface area is 108 Å². The van der Waals surface area contributed by atoms with E-state index in [2.05, 4.69) is 17.2 Å². The molecule has 0 spiro atoms. The van der Waals surface area contributed by atoms with E-state index >= 15 is 0 Å². The van der Waals surface area contributed by atoms with Gasteiger partial charge < -0.3 is 11.1 Å². The van der Waals surface area contributed by atoms with E-state index in [0.717, 1.165) is 12.0 Å². The Bertz CT molecular complexity index is 402. The summed E-state index contributed by atoms with van der Waals surface area (Å²) in [7, 11) is 0. The maximum atomic E-state index is 12.1. The predicted octanol–water partition coefficient (Wildman–Crippen LogP) is 1.85. The molecule has 2 atom stereocenters. The number of amides is 1. The lowest BCUT2D eigenvalue weighted by atomic mass is 9.86. The third-order valence-corrected chi connectivity index (χ3v) is 3.72. The molecule has 0 bridgehead atoms. The van der Waals surface area contributed by atoms with Crippen molar-refractivity contribution in [3.05, 3.63) is 29.6 Å². The molecule has 1 aromatic heterocycles. The number of rotatable bonds is 3. The average Bonchev–Trinajstić information content (AvgIpc) is 2.41. The molecule has 1 fully saturated rings. The van der Waals surface area contributed by atoms with E-state index in [0.29, 0.717) is 24.2 Å². The highest BCUT2D eigenvalue weighted by Gasteiger charge is 2.23. The van der Waals surface area contributed by atoms with E-state index in [9.17, 15) is 4.79 Å². The fourth-order valence-electron chi connectivity index (χ4n) is 2.45. The van der Waals surface area contributed by atoms with Crippen LogP contribution in [0.4, 0.5) is 0 Å². The third-order valence-electron chi connectivity index (χ3n) is 3.72. The van der Waals surface area contributed by atoms with Gasteiger partial charge in [-0.2, -0.15) is 0 Å². The molecule has 98 valence electrons. The van der Waals surface area contributed by atoms with Gasteiger partial charge in [-0.1, -0.05) is 25.8 Å². The number of pyridine rings is 1. The molecule has 1 heterocycles. The first-order chi connectivity index (χ1) is 8.70. The monoisotopic (exact) mass is 247 g/mol. The molecule has 18 heavy (non-hydrogen) atoms. The van der Waals surface area contributed by atoms with Crippen molar-refractivity contribution in [1.29, 1.82) is 0 Å². The lowest BCUT2D eigenvalue weighted by Crippen LogP contribution is -2.41. The number of hydrogen-bond acceptors (Lipinski definition) is 3. The quantitative estimate of drug-likeness (QED) is 0.856. The first kappa shape index (κ1) is 13.0. The summed E-state index contributed by atoms with van der Waals surface area (Å²) >= 11 is 0. The Hall–Kier alpha value is -1.42. The number of nitrogens with one attached hydrogen (secondary N) is 1. The van der Waals surface area contributed by atoms with Crippen LogP contribution in [0.25, 0.3) is 0 Å². The Morgan fingerprint density at radius 3 is 2.83 bits per heavy atom. The topological polar surface area (TPSA) is 68.0 Å². The fraction of sp³-hybridized carbons (Fsp3) is 0.571. The Morgan fingerprint density at radius 1 is 1.44 bits per heavy atom. The molecule has 1 amide bonds. The van der Waals surface area contributed by atoms with Gasteiger partial charge in [0.15, 0.2) is 0 Å². The lowest BCUT2D eigenvalue weighted by molar-refractivity contribution is 0.0905. The fourth-order valence-corrected chi connectivity index (χ4v) is 2.45. The van der Waals surface area contributed by atoms with E-state index in [1.807, 2.05) is 6.07 Å². The largest absolute Gasteiger partial charge is 0.348 e. The SMILES string of the molecule is CC1CCCCC1NC(=O)c1ccc(CN)cn1. The van der Waals surface area contributed by atoms with Crippen molar-refractivity contribution in [3.63, 3.8) is 0 Å². The van der Waals surface area contributed by atoms with Gasteiger partial charge in [-0.3, -0.25) is 9.78 Å². The first-order valence-corrected chi connectivity index (χ1v) is 6.66. The highest BCUT2D eigenvalue weighted by atomic mass is 16.1. The molecule has 0 aromatic carbocycles. The van der Waals surface area contributed by atoms with Crippen LogP contribution in [0.2, 0.25) is 0 Å². The van der Waals surface area contributed by atoms with Gasteiger partial charge in [0.05, 0.1) is 0 Å². The van der Waals surface area contributed by atoms with Crippen LogP contribution in [0.15, 0.2) is 18.3 Å². The van der Waals surface area contributed by atoms with Crippen molar-refractivity contribution in [1.82, 2.24) is 10.3 Å². The second-order valence-corrected chi connectivity index (χ2v) is 5.10. The number of hydrogen-bond donors (Lipinski definition) is 2. The molecule has 0 aliphatic heterocycles. The van der Waals surface area contributed by atoms with Crippen LogP contribution in [-0.2, 0) is 6.54 Å². The van der Waals surface area contributed by atoms with Crippen LogP contribution in [0.1, 0.15) is 48.7 Å². The minimum Gasteiger partial charge on any atom is -0.348 e. The summed E-state index contributed by atoms with van der Waals surface area (Å²) in [6, 6.07) is 3.89. The van der Waals surface area contributed by atoms with Crippen molar-refractivity contribution in [2.24, 2.45) is 11.7 Å². The minimum absolute atomic E-state index is 0.0719. The van der Waals surface area contributed by atoms with Crippen molar-refractivity contribution in [2.75, 3.05) is 0 Å². The van der Waals surface area contributed by atoms with Gasteiger partial charge in [-0.05, 0) is 30.4 Å². The van der Waals surface area contributed by atoms with E-state index in [-0.39, 0.29) is 5.91 Å². The Balaban J connectivity index is 1.97. The smallest absolute Gasteiger partial charge is 0.270 e.